The van der Waals surface area contributed by atoms with Gasteiger partial charge in [-0.1, -0.05) is 0 Å². The van der Waals surface area contributed by atoms with Crippen molar-refractivity contribution in [2.45, 2.75) is 72.6 Å². The molecule has 0 aliphatic carbocycles. The monoisotopic (exact) mass is 326 g/mol. The fourth-order valence-electron chi connectivity index (χ4n) is 3.38. The van der Waals surface area contributed by atoms with E-state index in [0.717, 1.165) is 0 Å². The molecule has 0 nitrogen and oxygen atoms in total. The van der Waals surface area contributed by atoms with E-state index in [-0.39, 0.29) is 12.4 Å². The van der Waals surface area contributed by atoms with Crippen molar-refractivity contribution in [2.24, 2.45) is 0 Å². The first-order valence-electron chi connectivity index (χ1n) is 5.25. The van der Waals surface area contributed by atoms with Gasteiger partial charge in [0.05, 0.1) is 0 Å². The third-order valence-electron chi connectivity index (χ3n) is 2.25. The summed E-state index contributed by atoms with van der Waals surface area (Å²) in [4.78, 5) is 0. The van der Waals surface area contributed by atoms with Gasteiger partial charge in [-0.15, -0.1) is 0 Å². The van der Waals surface area contributed by atoms with Crippen LogP contribution in [0.2, 0.25) is 10.3 Å². The fraction of sp³-hybridized carbons (Fsp3) is 1.00. The predicted molar refractivity (Wildman–Crippen MR) is 64.9 cm³/mol. The summed E-state index contributed by atoms with van der Waals surface area (Å²) in [6.45, 7) is 22.0. The molecule has 0 heterocycles. The quantitative estimate of drug-likeness (QED) is 0.597. The third-order valence-corrected chi connectivity index (χ3v) is 15.1. The summed E-state index contributed by atoms with van der Waals surface area (Å²) >= 11 is -1.43. The largest absolute Gasteiger partial charge is 1.00 e. The zero-order valence-electron chi connectivity index (χ0n) is 11.4. The van der Waals surface area contributed by atoms with Crippen LogP contribution < -0.4 is 12.4 Å². The average Bonchev–Trinajstić information content (AvgIpc) is 1.44. The Labute approximate surface area is 104 Å². The van der Waals surface area contributed by atoms with Crippen molar-refractivity contribution in [1.29, 1.82) is 0 Å². The van der Waals surface area contributed by atoms with E-state index in [4.69, 9.17) is 0 Å². The van der Waals surface area contributed by atoms with E-state index in [2.05, 4.69) is 62.3 Å². The molecule has 0 fully saturated rings. The van der Waals surface area contributed by atoms with E-state index in [0.29, 0.717) is 10.3 Å². The van der Waals surface area contributed by atoms with Gasteiger partial charge in [0.25, 0.3) is 0 Å². The summed E-state index contributed by atoms with van der Waals surface area (Å²) in [5.41, 5.74) is 0. The molecule has 0 atom stereocenters. The summed E-state index contributed by atoms with van der Waals surface area (Å²) < 4.78 is 1.75. The van der Waals surface area contributed by atoms with Crippen molar-refractivity contribution in [2.75, 3.05) is 0 Å². The number of halogens is 1. The Morgan fingerprint density at radius 3 is 0.643 bits per heavy atom. The predicted octanol–water partition coefficient (Wildman–Crippen LogP) is 1.89. The van der Waals surface area contributed by atoms with E-state index in [1.807, 2.05) is 0 Å². The van der Waals surface area contributed by atoms with Crippen LogP contribution in [-0.4, -0.2) is 19.8 Å². The summed E-state index contributed by atoms with van der Waals surface area (Å²) in [6.07, 6.45) is 0. The van der Waals surface area contributed by atoms with Gasteiger partial charge in [-0.25, -0.2) is 0 Å². The van der Waals surface area contributed by atoms with Crippen LogP contribution in [0.5, 0.6) is 0 Å². The smallest absolute Gasteiger partial charge is 1.00 e. The molecule has 0 unspecified atom stereocenters. The maximum atomic E-state index is 2.44. The standard InChI is InChI=1S/3C4H9.ClH.Sn/c3*1-4(2)3;;/h3*1-3H3;1H;/q;;;;+1/p-1. The minimum absolute atomic E-state index is 0. The number of hydrogen-bond donors (Lipinski definition) is 0. The molecule has 0 radical (unpaired) electrons. The number of hydrogen-bond acceptors (Lipinski definition) is 0. The molecule has 0 aromatic heterocycles. The van der Waals surface area contributed by atoms with E-state index in [9.17, 15) is 0 Å². The van der Waals surface area contributed by atoms with Crippen LogP contribution in [-0.2, 0) is 0 Å². The van der Waals surface area contributed by atoms with Gasteiger partial charge in [0.2, 0.25) is 0 Å². The first-order valence-corrected chi connectivity index (χ1v) is 9.53. The van der Waals surface area contributed by atoms with Crippen LogP contribution in [0.25, 0.3) is 0 Å². The van der Waals surface area contributed by atoms with Gasteiger partial charge in [-0.3, -0.25) is 0 Å². The molecule has 0 aliphatic rings. The Balaban J connectivity index is 0. The molecule has 0 aromatic carbocycles. The average molecular weight is 326 g/mol. The molecule has 0 rings (SSSR count). The summed E-state index contributed by atoms with van der Waals surface area (Å²) in [6, 6.07) is 0. The second-order valence-electron chi connectivity index (χ2n) is 7.12. The van der Waals surface area contributed by atoms with Gasteiger partial charge in [0.15, 0.2) is 0 Å². The molecule has 2 heteroatoms. The van der Waals surface area contributed by atoms with Crippen molar-refractivity contribution >= 4 is 19.8 Å². The van der Waals surface area contributed by atoms with Gasteiger partial charge in [0, 0.05) is 0 Å². The molecule has 86 valence electrons. The minimum Gasteiger partial charge on any atom is -1.00 e. The molecule has 0 amide bonds. The SMILES string of the molecule is C[C](C)(C)[Sn+]([C](C)(C)C)[C](C)(C)C.[Cl-]. The molecule has 0 spiro atoms. The van der Waals surface area contributed by atoms with Crippen LogP contribution in [0, 0.1) is 0 Å². The van der Waals surface area contributed by atoms with Gasteiger partial charge in [0.1, 0.15) is 0 Å². The van der Waals surface area contributed by atoms with Crippen LogP contribution >= 0.6 is 0 Å². The summed E-state index contributed by atoms with van der Waals surface area (Å²) in [5.74, 6) is 0. The molecule has 0 bridgehead atoms. The molecule has 0 aromatic rings. The fourth-order valence-corrected chi connectivity index (χ4v) is 22.6. The zero-order chi connectivity index (χ0) is 11.1. The molecular formula is C12H27ClSn. The molecule has 0 saturated heterocycles. The Bertz CT molecular complexity index is 133. The van der Waals surface area contributed by atoms with E-state index < -0.39 is 19.8 Å². The molecule has 14 heavy (non-hydrogen) atoms. The first kappa shape index (κ1) is 17.5. The van der Waals surface area contributed by atoms with Gasteiger partial charge in [-0.2, -0.15) is 0 Å². The van der Waals surface area contributed by atoms with Gasteiger partial charge < -0.3 is 12.4 Å². The van der Waals surface area contributed by atoms with Crippen molar-refractivity contribution < 1.29 is 12.4 Å². The van der Waals surface area contributed by atoms with Crippen molar-refractivity contribution in [1.82, 2.24) is 0 Å². The Kier molecular flexibility index (Phi) is 6.18. The number of rotatable bonds is 0. The van der Waals surface area contributed by atoms with E-state index in [1.165, 1.54) is 0 Å². The second kappa shape index (κ2) is 4.95. The summed E-state index contributed by atoms with van der Waals surface area (Å²) in [7, 11) is 0. The molecule has 0 saturated carbocycles. The van der Waals surface area contributed by atoms with Crippen LogP contribution in [0.15, 0.2) is 0 Å². The Morgan fingerprint density at radius 1 is 0.500 bits per heavy atom. The molecular weight excluding hydrogens is 298 g/mol. The zero-order valence-corrected chi connectivity index (χ0v) is 15.0. The third kappa shape index (κ3) is 5.25. The van der Waals surface area contributed by atoms with Crippen LogP contribution in [0.4, 0.5) is 0 Å². The molecule has 0 aliphatic heterocycles. The van der Waals surface area contributed by atoms with Crippen molar-refractivity contribution in [3.8, 4) is 0 Å². The van der Waals surface area contributed by atoms with Crippen LogP contribution in [0.3, 0.4) is 0 Å². The summed E-state index contributed by atoms with van der Waals surface area (Å²) in [5, 5.41) is 0. The van der Waals surface area contributed by atoms with Crippen LogP contribution in [0.1, 0.15) is 62.3 Å². The van der Waals surface area contributed by atoms with Gasteiger partial charge in [-0.05, 0) is 0 Å². The Morgan fingerprint density at radius 2 is 0.643 bits per heavy atom. The molecule has 0 N–H and O–H groups in total. The first-order chi connectivity index (χ1) is 5.37. The van der Waals surface area contributed by atoms with E-state index >= 15 is 0 Å². The van der Waals surface area contributed by atoms with Crippen molar-refractivity contribution in [3.63, 3.8) is 0 Å². The van der Waals surface area contributed by atoms with Crippen molar-refractivity contribution in [3.05, 3.63) is 0 Å². The normalized spacial score (nSPS) is 13.5. The maximum absolute atomic E-state index is 2.44. The minimum atomic E-state index is -1.43. The maximum Gasteiger partial charge on any atom is -1.00 e. The topological polar surface area (TPSA) is 0 Å². The second-order valence-corrected chi connectivity index (χ2v) is 22.1. The van der Waals surface area contributed by atoms with E-state index in [1.54, 1.807) is 0 Å². The van der Waals surface area contributed by atoms with Gasteiger partial charge >= 0.3 is 92.4 Å². The Hall–Kier alpha value is 1.09.